The average molecular weight is 397 g/mol. The monoisotopic (exact) mass is 396 g/mol. The molecular weight excluding hydrogens is 384 g/mol. The third-order valence-electron chi connectivity index (χ3n) is 5.39. The number of nitrogens with zero attached hydrogens (tertiary/aromatic N) is 4. The molecule has 0 spiro atoms. The van der Waals surface area contributed by atoms with Crippen molar-refractivity contribution in [3.63, 3.8) is 0 Å². The second kappa shape index (κ2) is 5.19. The molecule has 2 aromatic carbocycles. The molecule has 5 aromatic heterocycles. The van der Waals surface area contributed by atoms with Crippen LogP contribution in [0.1, 0.15) is 0 Å². The van der Waals surface area contributed by atoms with E-state index in [2.05, 4.69) is 80.7 Å². The van der Waals surface area contributed by atoms with Gasteiger partial charge in [-0.3, -0.25) is 0 Å². The molecule has 0 radical (unpaired) electrons. The highest BCUT2D eigenvalue weighted by Gasteiger charge is 2.18. The molecule has 0 saturated carbocycles. The maximum Gasteiger partial charge on any atom is 0.173 e. The first-order chi connectivity index (χ1) is 13.9. The van der Waals surface area contributed by atoms with Gasteiger partial charge in [-0.15, -0.1) is 22.7 Å². The number of benzene rings is 2. The van der Waals surface area contributed by atoms with Gasteiger partial charge in [0.2, 0.25) is 0 Å². The van der Waals surface area contributed by atoms with Gasteiger partial charge in [-0.05, 0) is 29.6 Å². The summed E-state index contributed by atoms with van der Waals surface area (Å²) in [6.45, 7) is 0. The molecule has 0 aliphatic heterocycles. The standard InChI is InChI=1S/C22H12N4S2/c1-3-7-16-13(5-1)14-6-2-4-8-17(14)25(16)19-11-15-20-18(9-10-27-20)26-22(21(15)28-19)23-12-24-26/h1-12H. The van der Waals surface area contributed by atoms with Gasteiger partial charge in [-0.2, -0.15) is 5.10 Å². The number of hydrogen-bond donors (Lipinski definition) is 0. The second-order valence-corrected chi connectivity index (χ2v) is 8.77. The smallest absolute Gasteiger partial charge is 0.173 e. The van der Waals surface area contributed by atoms with Crippen molar-refractivity contribution in [1.29, 1.82) is 0 Å². The van der Waals surface area contributed by atoms with E-state index in [-0.39, 0.29) is 0 Å². The van der Waals surface area contributed by atoms with Crippen LogP contribution >= 0.6 is 22.7 Å². The van der Waals surface area contributed by atoms with Gasteiger partial charge in [0.1, 0.15) is 11.3 Å². The molecule has 7 aromatic rings. The number of rotatable bonds is 1. The summed E-state index contributed by atoms with van der Waals surface area (Å²) in [6.07, 6.45) is 1.64. The molecule has 0 aliphatic rings. The molecule has 7 rings (SSSR count). The third kappa shape index (κ3) is 1.74. The Bertz CT molecular complexity index is 1560. The lowest BCUT2D eigenvalue weighted by atomic mass is 10.2. The van der Waals surface area contributed by atoms with E-state index in [1.165, 1.54) is 41.6 Å². The Morgan fingerprint density at radius 2 is 1.50 bits per heavy atom. The summed E-state index contributed by atoms with van der Waals surface area (Å²) in [4.78, 5) is 4.55. The van der Waals surface area contributed by atoms with Gasteiger partial charge in [0.15, 0.2) is 5.65 Å². The summed E-state index contributed by atoms with van der Waals surface area (Å²) in [5.41, 5.74) is 4.51. The molecule has 0 saturated heterocycles. The quantitative estimate of drug-likeness (QED) is 0.328. The SMILES string of the molecule is c1ccc2c(c1)c1ccccc1n2-c1cc2c3sccc3n3ncnc3c2s1. The predicted octanol–water partition coefficient (Wildman–Crippen LogP) is 6.26. The van der Waals surface area contributed by atoms with Crippen LogP contribution in [0.4, 0.5) is 0 Å². The van der Waals surface area contributed by atoms with Crippen LogP contribution in [0.25, 0.3) is 52.8 Å². The molecule has 0 N–H and O–H groups in total. The highest BCUT2D eigenvalue weighted by Crippen LogP contribution is 2.41. The molecule has 4 nitrogen and oxygen atoms in total. The largest absolute Gasteiger partial charge is 0.301 e. The fourth-order valence-corrected chi connectivity index (χ4v) is 6.36. The fourth-order valence-electron chi connectivity index (χ4n) is 4.23. The highest BCUT2D eigenvalue weighted by molar-refractivity contribution is 7.24. The summed E-state index contributed by atoms with van der Waals surface area (Å²) in [7, 11) is 0. The number of hydrogen-bond acceptors (Lipinski definition) is 4. The van der Waals surface area contributed by atoms with Crippen molar-refractivity contribution in [3.05, 3.63) is 72.4 Å². The van der Waals surface area contributed by atoms with E-state index in [1.54, 1.807) is 29.0 Å². The van der Waals surface area contributed by atoms with Crippen LogP contribution in [0.2, 0.25) is 0 Å². The average Bonchev–Trinajstić information content (AvgIpc) is 3.49. The molecule has 5 heterocycles. The number of pyridine rings is 1. The summed E-state index contributed by atoms with van der Waals surface area (Å²) < 4.78 is 6.78. The molecule has 0 aliphatic carbocycles. The zero-order chi connectivity index (χ0) is 18.2. The van der Waals surface area contributed by atoms with Gasteiger partial charge >= 0.3 is 0 Å². The van der Waals surface area contributed by atoms with Crippen molar-refractivity contribution in [2.24, 2.45) is 0 Å². The lowest BCUT2D eigenvalue weighted by Gasteiger charge is -2.03. The van der Waals surface area contributed by atoms with Gasteiger partial charge < -0.3 is 4.57 Å². The Labute approximate surface area is 166 Å². The first kappa shape index (κ1) is 14.8. The van der Waals surface area contributed by atoms with E-state index in [0.717, 1.165) is 11.2 Å². The third-order valence-corrected chi connectivity index (χ3v) is 7.44. The minimum Gasteiger partial charge on any atom is -0.301 e. The number of para-hydroxylation sites is 2. The summed E-state index contributed by atoms with van der Waals surface area (Å²) >= 11 is 3.55. The van der Waals surface area contributed by atoms with E-state index in [1.807, 2.05) is 4.52 Å². The molecule has 0 bridgehead atoms. The van der Waals surface area contributed by atoms with Crippen LogP contribution in [-0.4, -0.2) is 19.2 Å². The zero-order valence-corrected chi connectivity index (χ0v) is 16.2. The van der Waals surface area contributed by atoms with Crippen molar-refractivity contribution in [1.82, 2.24) is 19.2 Å². The van der Waals surface area contributed by atoms with Crippen molar-refractivity contribution in [3.8, 4) is 5.00 Å². The molecule has 132 valence electrons. The van der Waals surface area contributed by atoms with E-state index in [4.69, 9.17) is 0 Å². The minimum atomic E-state index is 0.929. The molecule has 0 amide bonds. The van der Waals surface area contributed by atoms with Gasteiger partial charge in [-0.1, -0.05) is 36.4 Å². The van der Waals surface area contributed by atoms with E-state index in [9.17, 15) is 0 Å². The molecule has 0 fully saturated rings. The van der Waals surface area contributed by atoms with Crippen LogP contribution in [0.15, 0.2) is 72.4 Å². The lowest BCUT2D eigenvalue weighted by molar-refractivity contribution is 1.01. The first-order valence-electron chi connectivity index (χ1n) is 9.01. The number of fused-ring (bicyclic) bond motifs is 9. The zero-order valence-electron chi connectivity index (χ0n) is 14.5. The van der Waals surface area contributed by atoms with Crippen molar-refractivity contribution >= 4 is 70.4 Å². The first-order valence-corrected chi connectivity index (χ1v) is 10.7. The summed E-state index contributed by atoms with van der Waals surface area (Å²) in [5, 5.41) is 11.6. The predicted molar refractivity (Wildman–Crippen MR) is 118 cm³/mol. The van der Waals surface area contributed by atoms with Crippen molar-refractivity contribution < 1.29 is 0 Å². The summed E-state index contributed by atoms with van der Waals surface area (Å²) in [5.74, 6) is 0. The highest BCUT2D eigenvalue weighted by atomic mass is 32.1. The van der Waals surface area contributed by atoms with Gasteiger partial charge in [0.25, 0.3) is 0 Å². The van der Waals surface area contributed by atoms with E-state index in [0.29, 0.717) is 0 Å². The normalized spacial score (nSPS) is 12.3. The number of thiophene rings is 2. The van der Waals surface area contributed by atoms with Gasteiger partial charge in [-0.25, -0.2) is 9.50 Å². The molecule has 0 atom stereocenters. The molecule has 6 heteroatoms. The van der Waals surface area contributed by atoms with E-state index >= 15 is 0 Å². The minimum absolute atomic E-state index is 0.929. The lowest BCUT2D eigenvalue weighted by Crippen LogP contribution is -1.89. The fraction of sp³-hybridized carbons (Fsp3) is 0. The Kier molecular flexibility index (Phi) is 2.74. The maximum atomic E-state index is 4.55. The van der Waals surface area contributed by atoms with Crippen molar-refractivity contribution in [2.45, 2.75) is 0 Å². The van der Waals surface area contributed by atoms with Crippen LogP contribution in [0.5, 0.6) is 0 Å². The Morgan fingerprint density at radius 3 is 2.29 bits per heavy atom. The maximum absolute atomic E-state index is 4.55. The van der Waals surface area contributed by atoms with Gasteiger partial charge in [0.05, 0.1) is 25.9 Å². The van der Waals surface area contributed by atoms with Crippen LogP contribution in [-0.2, 0) is 0 Å². The Balaban J connectivity index is 1.69. The molecule has 0 unspecified atom stereocenters. The van der Waals surface area contributed by atoms with Crippen LogP contribution in [0, 0.1) is 0 Å². The molecule has 28 heavy (non-hydrogen) atoms. The molecular formula is C22H12N4S2. The topological polar surface area (TPSA) is 35.1 Å². The Morgan fingerprint density at radius 1 is 0.750 bits per heavy atom. The Hall–Kier alpha value is -3.22. The number of aromatic nitrogens is 4. The van der Waals surface area contributed by atoms with Crippen LogP contribution in [0.3, 0.4) is 0 Å². The van der Waals surface area contributed by atoms with Crippen molar-refractivity contribution in [2.75, 3.05) is 0 Å². The van der Waals surface area contributed by atoms with E-state index < -0.39 is 0 Å². The second-order valence-electron chi connectivity index (χ2n) is 6.83. The van der Waals surface area contributed by atoms with Crippen LogP contribution < -0.4 is 0 Å². The van der Waals surface area contributed by atoms with Gasteiger partial charge in [0, 0.05) is 16.2 Å². The summed E-state index contributed by atoms with van der Waals surface area (Å²) in [6, 6.07) is 21.7.